The summed E-state index contributed by atoms with van der Waals surface area (Å²) in [4.78, 5) is 2.38. The molecule has 1 aromatic carbocycles. The average Bonchev–Trinajstić information content (AvgIpc) is 2.27. The van der Waals surface area contributed by atoms with E-state index in [-0.39, 0.29) is 5.54 Å². The van der Waals surface area contributed by atoms with Crippen molar-refractivity contribution in [3.63, 3.8) is 0 Å². The summed E-state index contributed by atoms with van der Waals surface area (Å²) >= 11 is 0. The molecule has 0 aromatic heterocycles. The third-order valence-electron chi connectivity index (χ3n) is 2.86. The van der Waals surface area contributed by atoms with Crippen LogP contribution in [-0.2, 0) is 6.54 Å². The summed E-state index contributed by atoms with van der Waals surface area (Å²) in [5.41, 5.74) is 7.05. The first kappa shape index (κ1) is 14.0. The van der Waals surface area contributed by atoms with Gasteiger partial charge in [-0.3, -0.25) is 4.90 Å². The Morgan fingerprint density at radius 1 is 1.29 bits per heavy atom. The Labute approximate surface area is 105 Å². The van der Waals surface area contributed by atoms with Crippen LogP contribution < -0.4 is 10.5 Å². The van der Waals surface area contributed by atoms with Crippen molar-refractivity contribution in [1.29, 1.82) is 0 Å². The highest BCUT2D eigenvalue weighted by atomic mass is 16.5. The van der Waals surface area contributed by atoms with Gasteiger partial charge in [-0.05, 0) is 38.5 Å². The van der Waals surface area contributed by atoms with E-state index in [0.717, 1.165) is 18.8 Å². The highest BCUT2D eigenvalue weighted by molar-refractivity contribution is 5.28. The van der Waals surface area contributed by atoms with Gasteiger partial charge in [-0.15, -0.1) is 0 Å². The molecule has 0 spiro atoms. The van der Waals surface area contributed by atoms with Crippen molar-refractivity contribution in [2.75, 3.05) is 20.2 Å². The average molecular weight is 236 g/mol. The van der Waals surface area contributed by atoms with Crippen LogP contribution in [0.15, 0.2) is 24.3 Å². The summed E-state index contributed by atoms with van der Waals surface area (Å²) in [6.07, 6.45) is 0. The quantitative estimate of drug-likeness (QED) is 0.852. The molecule has 2 N–H and O–H groups in total. The predicted octanol–water partition coefficient (Wildman–Crippen LogP) is 2.25. The zero-order valence-electron chi connectivity index (χ0n) is 11.4. The first-order valence-electron chi connectivity index (χ1n) is 6.05. The number of methoxy groups -OCH3 is 1. The zero-order chi connectivity index (χ0) is 12.9. The fourth-order valence-corrected chi connectivity index (χ4v) is 1.80. The van der Waals surface area contributed by atoms with Crippen molar-refractivity contribution >= 4 is 0 Å². The number of benzene rings is 1. The van der Waals surface area contributed by atoms with Gasteiger partial charge in [0.05, 0.1) is 7.11 Å². The lowest BCUT2D eigenvalue weighted by atomic mass is 10.0. The predicted molar refractivity (Wildman–Crippen MR) is 72.2 cm³/mol. The SMILES string of the molecule is COc1cccc(CN(CCN)C(C)(C)C)c1. The van der Waals surface area contributed by atoms with Gasteiger partial charge < -0.3 is 10.5 Å². The summed E-state index contributed by atoms with van der Waals surface area (Å²) in [7, 11) is 1.69. The Kier molecular flexibility index (Phi) is 4.97. The van der Waals surface area contributed by atoms with Crippen molar-refractivity contribution in [3.05, 3.63) is 29.8 Å². The molecule has 0 radical (unpaired) electrons. The van der Waals surface area contributed by atoms with E-state index in [4.69, 9.17) is 10.5 Å². The molecular weight excluding hydrogens is 212 g/mol. The monoisotopic (exact) mass is 236 g/mol. The van der Waals surface area contributed by atoms with Crippen LogP contribution in [0.1, 0.15) is 26.3 Å². The van der Waals surface area contributed by atoms with Crippen LogP contribution in [0.3, 0.4) is 0 Å². The van der Waals surface area contributed by atoms with Crippen LogP contribution in [0.5, 0.6) is 5.75 Å². The second-order valence-electron chi connectivity index (χ2n) is 5.23. The minimum atomic E-state index is 0.127. The fourth-order valence-electron chi connectivity index (χ4n) is 1.80. The minimum Gasteiger partial charge on any atom is -0.497 e. The molecular formula is C14H24N2O. The summed E-state index contributed by atoms with van der Waals surface area (Å²) in [6.45, 7) is 9.12. The maximum atomic E-state index is 5.67. The van der Waals surface area contributed by atoms with Gasteiger partial charge in [-0.25, -0.2) is 0 Å². The molecule has 0 amide bonds. The lowest BCUT2D eigenvalue weighted by Gasteiger charge is -2.35. The van der Waals surface area contributed by atoms with Gasteiger partial charge in [-0.2, -0.15) is 0 Å². The summed E-state index contributed by atoms with van der Waals surface area (Å²) in [5, 5.41) is 0. The van der Waals surface area contributed by atoms with E-state index in [2.05, 4.69) is 37.8 Å². The molecule has 3 nitrogen and oxygen atoms in total. The van der Waals surface area contributed by atoms with Crippen molar-refractivity contribution in [1.82, 2.24) is 4.90 Å². The zero-order valence-corrected chi connectivity index (χ0v) is 11.4. The van der Waals surface area contributed by atoms with Gasteiger partial charge in [-0.1, -0.05) is 12.1 Å². The Bertz CT molecular complexity index is 344. The van der Waals surface area contributed by atoms with Crippen LogP contribution in [-0.4, -0.2) is 30.6 Å². The molecule has 0 atom stereocenters. The van der Waals surface area contributed by atoms with E-state index in [9.17, 15) is 0 Å². The van der Waals surface area contributed by atoms with E-state index in [0.29, 0.717) is 6.54 Å². The van der Waals surface area contributed by atoms with E-state index >= 15 is 0 Å². The molecule has 0 saturated carbocycles. The molecule has 0 aliphatic carbocycles. The highest BCUT2D eigenvalue weighted by Crippen LogP contribution is 2.19. The third-order valence-corrected chi connectivity index (χ3v) is 2.86. The summed E-state index contributed by atoms with van der Waals surface area (Å²) in [5.74, 6) is 0.907. The molecule has 0 fully saturated rings. The number of ether oxygens (including phenoxy) is 1. The van der Waals surface area contributed by atoms with Crippen LogP contribution in [0.4, 0.5) is 0 Å². The van der Waals surface area contributed by atoms with Gasteiger partial charge in [0.1, 0.15) is 5.75 Å². The van der Waals surface area contributed by atoms with Gasteiger partial charge in [0.2, 0.25) is 0 Å². The second kappa shape index (κ2) is 6.03. The Morgan fingerprint density at radius 2 is 2.00 bits per heavy atom. The van der Waals surface area contributed by atoms with Crippen molar-refractivity contribution in [3.8, 4) is 5.75 Å². The van der Waals surface area contributed by atoms with E-state index < -0.39 is 0 Å². The molecule has 3 heteroatoms. The third kappa shape index (κ3) is 4.36. The molecule has 17 heavy (non-hydrogen) atoms. The number of nitrogens with zero attached hydrogens (tertiary/aromatic N) is 1. The molecule has 96 valence electrons. The Hall–Kier alpha value is -1.06. The van der Waals surface area contributed by atoms with Gasteiger partial charge in [0.25, 0.3) is 0 Å². The molecule has 1 aromatic rings. The maximum absolute atomic E-state index is 5.67. The second-order valence-corrected chi connectivity index (χ2v) is 5.23. The maximum Gasteiger partial charge on any atom is 0.119 e. The number of nitrogens with two attached hydrogens (primary N) is 1. The van der Waals surface area contributed by atoms with Crippen LogP contribution >= 0.6 is 0 Å². The first-order chi connectivity index (χ1) is 7.97. The molecule has 0 aliphatic rings. The van der Waals surface area contributed by atoms with Gasteiger partial charge in [0.15, 0.2) is 0 Å². The van der Waals surface area contributed by atoms with E-state index in [1.54, 1.807) is 7.11 Å². The molecule has 0 heterocycles. The summed E-state index contributed by atoms with van der Waals surface area (Å²) < 4.78 is 5.24. The largest absolute Gasteiger partial charge is 0.497 e. The fraction of sp³-hybridized carbons (Fsp3) is 0.571. The van der Waals surface area contributed by atoms with Crippen molar-refractivity contribution in [2.45, 2.75) is 32.9 Å². The van der Waals surface area contributed by atoms with Gasteiger partial charge in [0, 0.05) is 25.2 Å². The van der Waals surface area contributed by atoms with Crippen LogP contribution in [0.2, 0.25) is 0 Å². The molecule has 0 aliphatic heterocycles. The normalized spacial score (nSPS) is 11.9. The number of hydrogen-bond donors (Lipinski definition) is 1. The van der Waals surface area contributed by atoms with Crippen LogP contribution in [0.25, 0.3) is 0 Å². The molecule has 0 saturated heterocycles. The standard InChI is InChI=1S/C14H24N2O/c1-14(2,3)16(9-8-15)11-12-6-5-7-13(10-12)17-4/h5-7,10H,8-9,11,15H2,1-4H3. The van der Waals surface area contributed by atoms with E-state index in [1.165, 1.54) is 5.56 Å². The molecule has 0 unspecified atom stereocenters. The molecule has 0 bridgehead atoms. The first-order valence-corrected chi connectivity index (χ1v) is 6.05. The van der Waals surface area contributed by atoms with Crippen LogP contribution in [0, 0.1) is 0 Å². The Morgan fingerprint density at radius 3 is 2.53 bits per heavy atom. The van der Waals surface area contributed by atoms with Crippen molar-refractivity contribution < 1.29 is 4.74 Å². The summed E-state index contributed by atoms with van der Waals surface area (Å²) in [6, 6.07) is 8.19. The lowest BCUT2D eigenvalue weighted by Crippen LogP contribution is -2.43. The number of rotatable bonds is 5. The topological polar surface area (TPSA) is 38.5 Å². The smallest absolute Gasteiger partial charge is 0.119 e. The van der Waals surface area contributed by atoms with Gasteiger partial charge >= 0.3 is 0 Å². The lowest BCUT2D eigenvalue weighted by molar-refractivity contribution is 0.132. The van der Waals surface area contributed by atoms with E-state index in [1.807, 2.05) is 12.1 Å². The Balaban J connectivity index is 2.78. The minimum absolute atomic E-state index is 0.127. The molecule has 1 rings (SSSR count). The van der Waals surface area contributed by atoms with Crippen molar-refractivity contribution in [2.24, 2.45) is 5.73 Å². The highest BCUT2D eigenvalue weighted by Gasteiger charge is 2.20. The number of hydrogen-bond acceptors (Lipinski definition) is 3.